The van der Waals surface area contributed by atoms with Crippen molar-refractivity contribution >= 4 is 44.6 Å². The molecular formula is C54H51N4OPt-3. The third-order valence-electron chi connectivity index (χ3n) is 11.0. The Morgan fingerprint density at radius 3 is 1.97 bits per heavy atom. The summed E-state index contributed by atoms with van der Waals surface area (Å²) in [5.41, 5.74) is 9.13. The van der Waals surface area contributed by atoms with Gasteiger partial charge in [0.15, 0.2) is 0 Å². The normalized spacial score (nSPS) is 14.3. The zero-order valence-corrected chi connectivity index (χ0v) is 37.8. The van der Waals surface area contributed by atoms with Crippen molar-refractivity contribution in [1.82, 2.24) is 9.55 Å². The average molecular weight is 972 g/mol. The van der Waals surface area contributed by atoms with Gasteiger partial charge in [-0.2, -0.15) is 12.1 Å². The molecule has 0 aliphatic carbocycles. The number of anilines is 4. The van der Waals surface area contributed by atoms with Gasteiger partial charge < -0.3 is 19.1 Å². The summed E-state index contributed by atoms with van der Waals surface area (Å²) in [6, 6.07) is 40.7. The molecule has 2 aromatic heterocycles. The molecule has 9 rings (SSSR count). The number of pyridine rings is 1. The van der Waals surface area contributed by atoms with E-state index in [9.17, 15) is 0 Å². The smallest absolute Gasteiger partial charge is 0.135 e. The van der Waals surface area contributed by atoms with Crippen molar-refractivity contribution in [2.24, 2.45) is 0 Å². The topological polar surface area (TPSA) is 33.5 Å². The van der Waals surface area contributed by atoms with Gasteiger partial charge in [0.25, 0.3) is 0 Å². The predicted molar refractivity (Wildman–Crippen MR) is 246 cm³/mol. The van der Waals surface area contributed by atoms with Crippen molar-refractivity contribution in [3.8, 4) is 28.4 Å². The number of para-hydroxylation sites is 3. The maximum absolute atomic E-state index is 8.75. The van der Waals surface area contributed by atoms with Crippen LogP contribution in [0.2, 0.25) is 0 Å². The van der Waals surface area contributed by atoms with Crippen LogP contribution in [0.15, 0.2) is 140 Å². The summed E-state index contributed by atoms with van der Waals surface area (Å²) in [5.74, 6) is 1.63. The van der Waals surface area contributed by atoms with E-state index in [1.807, 2.05) is 79.9 Å². The Bertz CT molecular complexity index is 3100. The zero-order valence-electron chi connectivity index (χ0n) is 40.5. The quantitative estimate of drug-likeness (QED) is 0.156. The minimum atomic E-state index is -0.482. The van der Waals surface area contributed by atoms with Crippen molar-refractivity contribution in [3.05, 3.63) is 175 Å². The Balaban J connectivity index is 0.00000576. The Morgan fingerprint density at radius 2 is 1.28 bits per heavy atom. The maximum Gasteiger partial charge on any atom is 0.135 e. The summed E-state index contributed by atoms with van der Waals surface area (Å²) in [7, 11) is 0. The van der Waals surface area contributed by atoms with Crippen LogP contribution in [-0.2, 0) is 37.3 Å². The first-order chi connectivity index (χ1) is 30.2. The largest absolute Gasteiger partial charge is 0.509 e. The molecule has 1 aliphatic rings. The summed E-state index contributed by atoms with van der Waals surface area (Å²) < 4.78 is 51.0. The number of ether oxygens (including phenoxy) is 1. The molecule has 5 nitrogen and oxygen atoms in total. The van der Waals surface area contributed by atoms with Gasteiger partial charge in [-0.15, -0.1) is 48.1 Å². The Kier molecular flexibility index (Phi) is 9.04. The fourth-order valence-electron chi connectivity index (χ4n) is 7.82. The molecule has 6 aromatic carbocycles. The standard InChI is InChI=1S/C54H51N4O.Pt/c1-52(2,3)37-28-38(53(4,5)6)30-40(29-37)57-35-56(48-24-15-16-25-49(48)57)39-20-17-21-41(31-39)59-42-26-27-44-43-22-13-14-23-47(43)58(50(44)32-42)51-33-46(54(7,8)9)45(34-55-51)36-18-11-10-12-19-36;/h10-30,33-35H,1-9H3;/q-3;/i10D,11D,12D,18D,19D;. The molecule has 0 bridgehead atoms. The number of aromatic nitrogens is 2. The van der Waals surface area contributed by atoms with Gasteiger partial charge >= 0.3 is 0 Å². The molecule has 0 unspecified atom stereocenters. The van der Waals surface area contributed by atoms with Gasteiger partial charge in [-0.1, -0.05) is 134 Å². The molecule has 0 fully saturated rings. The molecule has 0 spiro atoms. The fraction of sp³-hybridized carbons (Fsp3) is 0.222. The Labute approximate surface area is 377 Å². The Morgan fingerprint density at radius 1 is 0.633 bits per heavy atom. The van der Waals surface area contributed by atoms with Crippen LogP contribution in [0.25, 0.3) is 38.8 Å². The van der Waals surface area contributed by atoms with Crippen LogP contribution in [0.4, 0.5) is 22.7 Å². The first kappa shape index (κ1) is 35.1. The molecule has 6 heteroatoms. The van der Waals surface area contributed by atoms with Gasteiger partial charge in [-0.05, 0) is 80.3 Å². The van der Waals surface area contributed by atoms with Crippen molar-refractivity contribution in [2.75, 3.05) is 9.80 Å². The number of rotatable bonds is 6. The molecule has 3 heterocycles. The van der Waals surface area contributed by atoms with E-state index < -0.39 is 11.5 Å². The number of hydrogen-bond acceptors (Lipinski definition) is 4. The van der Waals surface area contributed by atoms with Crippen LogP contribution < -0.4 is 14.5 Å². The van der Waals surface area contributed by atoms with E-state index in [0.29, 0.717) is 22.9 Å². The summed E-state index contributed by atoms with van der Waals surface area (Å²) in [4.78, 5) is 9.35. The van der Waals surface area contributed by atoms with Crippen LogP contribution in [0, 0.1) is 18.8 Å². The fourth-order valence-corrected chi connectivity index (χ4v) is 7.82. The second kappa shape index (κ2) is 15.4. The van der Waals surface area contributed by atoms with Crippen LogP contribution in [-0.4, -0.2) is 9.55 Å². The molecule has 306 valence electrons. The summed E-state index contributed by atoms with van der Waals surface area (Å²) in [6.07, 6.45) is 1.63. The monoisotopic (exact) mass is 971 g/mol. The molecule has 0 amide bonds. The molecule has 8 aromatic rings. The number of hydrogen-bond donors (Lipinski definition) is 0. The van der Waals surface area contributed by atoms with Crippen molar-refractivity contribution < 1.29 is 32.7 Å². The van der Waals surface area contributed by atoms with E-state index in [1.54, 1.807) is 6.20 Å². The van der Waals surface area contributed by atoms with Gasteiger partial charge in [0.1, 0.15) is 5.82 Å². The first-order valence-corrected chi connectivity index (χ1v) is 20.1. The van der Waals surface area contributed by atoms with Gasteiger partial charge in [-0.3, -0.25) is 0 Å². The van der Waals surface area contributed by atoms with E-state index in [-0.39, 0.29) is 61.6 Å². The first-order valence-electron chi connectivity index (χ1n) is 22.6. The van der Waals surface area contributed by atoms with E-state index >= 15 is 0 Å². The minimum absolute atomic E-state index is 0. The van der Waals surface area contributed by atoms with Crippen LogP contribution in [0.5, 0.6) is 11.5 Å². The zero-order chi connectivity index (χ0) is 45.6. The van der Waals surface area contributed by atoms with Crippen molar-refractivity contribution in [3.63, 3.8) is 0 Å². The molecule has 0 radical (unpaired) electrons. The second-order valence-electron chi connectivity index (χ2n) is 18.4. The van der Waals surface area contributed by atoms with Crippen LogP contribution in [0.3, 0.4) is 0 Å². The van der Waals surface area contributed by atoms with E-state index in [1.165, 1.54) is 11.1 Å². The van der Waals surface area contributed by atoms with Gasteiger partial charge in [-0.25, -0.2) is 4.98 Å². The minimum Gasteiger partial charge on any atom is -0.509 e. The Hall–Kier alpha value is -5.64. The molecule has 1 aliphatic heterocycles. The summed E-state index contributed by atoms with van der Waals surface area (Å²) in [5, 5.41) is 1.97. The third kappa shape index (κ3) is 7.65. The number of fused-ring (bicyclic) bond motifs is 4. The SMILES string of the molecule is [2H]c1c([2H])c([2H])c(-c2cnc(-n3c4[c-]c(Oc5[c-]c(N6[CH-]N(c7cc(C(C)(C)C)cc(C(C)(C)C)c7)c7ccccc76)ccc5)ccc4c4ccccc43)cc2C(C)(C)C)c([2H])c1[2H].[Pt]. The molecule has 0 saturated carbocycles. The number of benzene rings is 6. The van der Waals surface area contributed by atoms with Crippen LogP contribution in [0.1, 0.15) is 85.9 Å². The summed E-state index contributed by atoms with van der Waals surface area (Å²) >= 11 is 0. The van der Waals surface area contributed by atoms with Gasteiger partial charge in [0.2, 0.25) is 0 Å². The molecule has 0 N–H and O–H groups in total. The van der Waals surface area contributed by atoms with Crippen molar-refractivity contribution in [2.45, 2.75) is 78.6 Å². The number of nitrogens with zero attached hydrogens (tertiary/aromatic N) is 4. The molecule has 0 atom stereocenters. The third-order valence-corrected chi connectivity index (χ3v) is 11.0. The van der Waals surface area contributed by atoms with Gasteiger partial charge in [0.05, 0.1) is 6.85 Å². The summed E-state index contributed by atoms with van der Waals surface area (Å²) in [6.45, 7) is 21.8. The van der Waals surface area contributed by atoms with E-state index in [0.717, 1.165) is 50.1 Å². The van der Waals surface area contributed by atoms with Gasteiger partial charge in [0, 0.05) is 66.9 Å². The molecular weight excluding hydrogens is 916 g/mol. The molecule has 0 saturated heterocycles. The van der Waals surface area contributed by atoms with Crippen LogP contribution >= 0.6 is 0 Å². The van der Waals surface area contributed by atoms with Crippen molar-refractivity contribution in [1.29, 1.82) is 0 Å². The second-order valence-corrected chi connectivity index (χ2v) is 18.4. The molecule has 60 heavy (non-hydrogen) atoms. The van der Waals surface area contributed by atoms with E-state index in [2.05, 4.69) is 119 Å². The predicted octanol–water partition coefficient (Wildman–Crippen LogP) is 14.5. The average Bonchev–Trinajstić information content (AvgIpc) is 3.80. The van der Waals surface area contributed by atoms with E-state index in [4.69, 9.17) is 16.6 Å². The maximum atomic E-state index is 8.75.